The van der Waals surface area contributed by atoms with Gasteiger partial charge in [0.2, 0.25) is 11.8 Å². The van der Waals surface area contributed by atoms with Crippen molar-refractivity contribution in [2.24, 2.45) is 16.2 Å². The average molecular weight is 484 g/mol. The number of hydrogen-bond acceptors (Lipinski definition) is 5. The van der Waals surface area contributed by atoms with Crippen molar-refractivity contribution in [3.8, 4) is 0 Å². The number of nitrogens with one attached hydrogen (secondary N) is 2. The van der Waals surface area contributed by atoms with Gasteiger partial charge in [0.25, 0.3) is 0 Å². The number of fused-ring (bicyclic) bond motifs is 8. The first kappa shape index (κ1) is 23.1. The lowest BCUT2D eigenvalue weighted by molar-refractivity contribution is -0.161. The largest absolute Gasteiger partial charge is 0.366 e. The Hall–Kier alpha value is -2.68. The summed E-state index contributed by atoms with van der Waals surface area (Å²) < 4.78 is 0. The van der Waals surface area contributed by atoms with E-state index in [0.717, 1.165) is 46.0 Å². The molecule has 4 amide bonds. The van der Waals surface area contributed by atoms with Crippen LogP contribution in [0.5, 0.6) is 0 Å². The predicted octanol–water partition coefficient (Wildman–Crippen LogP) is 2.97. The lowest BCUT2D eigenvalue weighted by Crippen LogP contribution is -2.72. The van der Waals surface area contributed by atoms with E-state index >= 15 is 0 Å². The number of anilines is 2. The van der Waals surface area contributed by atoms with E-state index in [4.69, 9.17) is 12.2 Å². The Labute approximate surface area is 206 Å². The highest BCUT2D eigenvalue weighted by Gasteiger charge is 2.71. The van der Waals surface area contributed by atoms with Crippen LogP contribution >= 0.6 is 12.2 Å². The summed E-state index contributed by atoms with van der Waals surface area (Å²) in [5.74, 6) is -0.783. The maximum atomic E-state index is 14.0. The predicted molar refractivity (Wildman–Crippen MR) is 135 cm³/mol. The molecule has 5 rings (SSSR count). The SMILES string of the molecule is CNC(=S)Nc1ccc2c(c1)CC1(C(=O)N(C)C(=O)N(C)C1=O)[C@@H]1N2[C@H]2CC(C)(C)C[C@@]1(C)C2. The second-order valence-electron chi connectivity index (χ2n) is 11.6. The van der Waals surface area contributed by atoms with Gasteiger partial charge in [-0.25, -0.2) is 4.79 Å². The number of benzene rings is 1. The van der Waals surface area contributed by atoms with E-state index in [2.05, 4.69) is 42.4 Å². The molecule has 182 valence electrons. The third-order valence-electron chi connectivity index (χ3n) is 8.43. The fraction of sp³-hybridized carbons (Fsp3) is 0.600. The van der Waals surface area contributed by atoms with Gasteiger partial charge < -0.3 is 15.5 Å². The maximum Gasteiger partial charge on any atom is 0.332 e. The second kappa shape index (κ2) is 7.16. The fourth-order valence-electron chi connectivity index (χ4n) is 7.73. The molecule has 9 heteroatoms. The molecule has 1 saturated carbocycles. The van der Waals surface area contributed by atoms with E-state index in [1.54, 1.807) is 7.05 Å². The number of hydrogen-bond donors (Lipinski definition) is 2. The van der Waals surface area contributed by atoms with Gasteiger partial charge in [-0.15, -0.1) is 0 Å². The summed E-state index contributed by atoms with van der Waals surface area (Å²) in [6.45, 7) is 6.79. The molecule has 3 atom stereocenters. The average Bonchev–Trinajstić information content (AvgIpc) is 3.00. The van der Waals surface area contributed by atoms with Crippen LogP contribution in [0.25, 0.3) is 0 Å². The fourth-order valence-corrected chi connectivity index (χ4v) is 7.84. The van der Waals surface area contributed by atoms with Crippen LogP contribution in [-0.2, 0) is 16.0 Å². The van der Waals surface area contributed by atoms with Crippen molar-refractivity contribution in [1.29, 1.82) is 0 Å². The monoisotopic (exact) mass is 483 g/mol. The zero-order valence-corrected chi connectivity index (χ0v) is 21.5. The normalized spacial score (nSPS) is 30.9. The topological polar surface area (TPSA) is 85.0 Å². The summed E-state index contributed by atoms with van der Waals surface area (Å²) in [5.41, 5.74) is 1.30. The summed E-state index contributed by atoms with van der Waals surface area (Å²) in [6.07, 6.45) is 3.10. The smallest absolute Gasteiger partial charge is 0.332 e. The van der Waals surface area contributed by atoms with Gasteiger partial charge in [0.15, 0.2) is 10.5 Å². The molecule has 8 nitrogen and oxygen atoms in total. The Kier molecular flexibility index (Phi) is 4.86. The number of thiocarbonyl (C=S) groups is 1. The lowest BCUT2D eigenvalue weighted by atomic mass is 9.56. The molecule has 4 aliphatic rings. The van der Waals surface area contributed by atoms with Gasteiger partial charge in [-0.1, -0.05) is 20.8 Å². The summed E-state index contributed by atoms with van der Waals surface area (Å²) >= 11 is 5.28. The van der Waals surface area contributed by atoms with Gasteiger partial charge >= 0.3 is 6.03 Å². The van der Waals surface area contributed by atoms with Gasteiger partial charge in [-0.05, 0) is 72.5 Å². The highest BCUT2D eigenvalue weighted by Crippen LogP contribution is 2.64. The Morgan fingerprint density at radius 1 is 1.06 bits per heavy atom. The van der Waals surface area contributed by atoms with Crippen molar-refractivity contribution in [2.45, 2.75) is 58.5 Å². The quantitative estimate of drug-likeness (QED) is 0.469. The van der Waals surface area contributed by atoms with E-state index in [9.17, 15) is 14.4 Å². The van der Waals surface area contributed by atoms with Gasteiger partial charge in [-0.2, -0.15) is 0 Å². The minimum absolute atomic E-state index is 0.0885. The molecule has 2 N–H and O–H groups in total. The third-order valence-corrected chi connectivity index (χ3v) is 8.74. The molecule has 0 aromatic heterocycles. The molecule has 1 aromatic carbocycles. The molecule has 2 saturated heterocycles. The minimum Gasteiger partial charge on any atom is -0.366 e. The molecule has 2 bridgehead atoms. The molecule has 3 heterocycles. The first-order valence-corrected chi connectivity index (χ1v) is 12.3. The van der Waals surface area contributed by atoms with E-state index in [1.165, 1.54) is 14.1 Å². The number of carbonyl (C=O) groups excluding carboxylic acids is 3. The molecule has 1 spiro atoms. The molecule has 0 radical (unpaired) electrons. The summed E-state index contributed by atoms with van der Waals surface area (Å²) in [4.78, 5) is 45.3. The molecule has 1 aliphatic carbocycles. The lowest BCUT2D eigenvalue weighted by Gasteiger charge is -2.54. The Bertz CT molecular complexity index is 1110. The standard InChI is InChI=1S/C25H33N5O3S/c1-23(2)11-16-12-24(3,13-23)18-25(19(31)28(5)22(33)29(6)20(25)32)10-14-9-15(27-21(34)26-4)7-8-17(14)30(16)18/h7-9,16,18H,10-13H2,1-6H3,(H2,26,27,34)/t16-,18+,24+/m0/s1. The Morgan fingerprint density at radius 2 is 1.71 bits per heavy atom. The van der Waals surface area contributed by atoms with Crippen molar-refractivity contribution in [3.05, 3.63) is 23.8 Å². The van der Waals surface area contributed by atoms with E-state index in [0.29, 0.717) is 5.11 Å². The highest BCUT2D eigenvalue weighted by molar-refractivity contribution is 7.80. The summed E-state index contributed by atoms with van der Waals surface area (Å²) in [5, 5.41) is 6.57. The summed E-state index contributed by atoms with van der Waals surface area (Å²) in [7, 11) is 4.74. The molecule has 34 heavy (non-hydrogen) atoms. The second-order valence-corrected chi connectivity index (χ2v) is 12.0. The summed E-state index contributed by atoms with van der Waals surface area (Å²) in [6, 6.07) is 5.42. The van der Waals surface area contributed by atoms with E-state index in [-0.39, 0.29) is 29.3 Å². The van der Waals surface area contributed by atoms with E-state index in [1.807, 2.05) is 12.1 Å². The zero-order chi connectivity index (χ0) is 24.8. The van der Waals surface area contributed by atoms with Crippen LogP contribution in [0.4, 0.5) is 16.2 Å². The number of rotatable bonds is 1. The van der Waals surface area contributed by atoms with Crippen molar-refractivity contribution in [2.75, 3.05) is 31.4 Å². The third kappa shape index (κ3) is 2.95. The van der Waals surface area contributed by atoms with Crippen LogP contribution in [0.15, 0.2) is 18.2 Å². The van der Waals surface area contributed by atoms with E-state index < -0.39 is 23.3 Å². The van der Waals surface area contributed by atoms with Crippen LogP contribution < -0.4 is 15.5 Å². The molecule has 0 unspecified atom stereocenters. The van der Waals surface area contributed by atoms with Crippen LogP contribution in [0.3, 0.4) is 0 Å². The number of barbiturate groups is 1. The number of nitrogens with zero attached hydrogens (tertiary/aromatic N) is 3. The maximum absolute atomic E-state index is 14.0. The van der Waals surface area contributed by atoms with Crippen molar-refractivity contribution >= 4 is 46.6 Å². The molecule has 1 aromatic rings. The van der Waals surface area contributed by atoms with Gasteiger partial charge in [0, 0.05) is 38.6 Å². The first-order chi connectivity index (χ1) is 15.8. The van der Waals surface area contributed by atoms with Crippen molar-refractivity contribution in [3.63, 3.8) is 0 Å². The van der Waals surface area contributed by atoms with Crippen molar-refractivity contribution in [1.82, 2.24) is 15.1 Å². The zero-order valence-electron chi connectivity index (χ0n) is 20.7. The molecular weight excluding hydrogens is 450 g/mol. The molecular formula is C25H33N5O3S. The number of imide groups is 2. The number of carbonyl (C=O) groups is 3. The molecule has 3 aliphatic heterocycles. The van der Waals surface area contributed by atoms with Crippen LogP contribution in [-0.4, -0.2) is 66.0 Å². The van der Waals surface area contributed by atoms with Crippen LogP contribution in [0.2, 0.25) is 0 Å². The van der Waals surface area contributed by atoms with Crippen LogP contribution in [0, 0.1) is 16.2 Å². The van der Waals surface area contributed by atoms with Gasteiger partial charge in [-0.3, -0.25) is 19.4 Å². The number of amides is 4. The minimum atomic E-state index is -1.35. The van der Waals surface area contributed by atoms with Crippen LogP contribution in [0.1, 0.15) is 45.6 Å². The Balaban J connectivity index is 1.73. The van der Waals surface area contributed by atoms with Gasteiger partial charge in [0.05, 0.1) is 6.04 Å². The highest BCUT2D eigenvalue weighted by atomic mass is 32.1. The number of urea groups is 1. The Morgan fingerprint density at radius 3 is 2.32 bits per heavy atom. The molecule has 3 fully saturated rings. The van der Waals surface area contributed by atoms with Gasteiger partial charge in [0.1, 0.15) is 0 Å². The first-order valence-electron chi connectivity index (χ1n) is 11.8. The van der Waals surface area contributed by atoms with Crippen molar-refractivity contribution < 1.29 is 14.4 Å².